The Hall–Kier alpha value is -1.29. The van der Waals surface area contributed by atoms with Gasteiger partial charge in [-0.05, 0) is 18.2 Å². The summed E-state index contributed by atoms with van der Waals surface area (Å²) in [6, 6.07) is 6.65. The number of nitrogens with two attached hydrogens (primary N) is 1. The molecule has 0 spiro atoms. The molecule has 5 nitrogen and oxygen atoms in total. The van der Waals surface area contributed by atoms with E-state index in [0.717, 1.165) is 0 Å². The quantitative estimate of drug-likeness (QED) is 0.840. The van der Waals surface area contributed by atoms with Crippen LogP contribution in [-0.4, -0.2) is 20.7 Å². The van der Waals surface area contributed by atoms with Crippen molar-refractivity contribution in [1.29, 1.82) is 5.26 Å². The normalized spacial score (nSPS) is 10.8. The van der Waals surface area contributed by atoms with E-state index in [9.17, 15) is 8.42 Å². The number of nitrogens with one attached hydrogen (secondary N) is 1. The Kier molecular flexibility index (Phi) is 4.12. The molecule has 0 saturated heterocycles. The van der Waals surface area contributed by atoms with Gasteiger partial charge in [-0.15, -0.1) is 0 Å². The molecule has 7 heteroatoms. The van der Waals surface area contributed by atoms with E-state index in [1.165, 1.54) is 6.07 Å². The fourth-order valence-electron chi connectivity index (χ4n) is 1.06. The van der Waals surface area contributed by atoms with E-state index in [4.69, 9.17) is 22.0 Å². The van der Waals surface area contributed by atoms with Crippen LogP contribution in [0.25, 0.3) is 0 Å². The first kappa shape index (κ1) is 12.8. The van der Waals surface area contributed by atoms with Gasteiger partial charge in [-0.1, -0.05) is 11.6 Å². The van der Waals surface area contributed by atoms with Gasteiger partial charge in [0.25, 0.3) is 0 Å². The lowest BCUT2D eigenvalue weighted by Crippen LogP contribution is -2.22. The number of hydrogen-bond donors (Lipinski definition) is 2. The van der Waals surface area contributed by atoms with E-state index in [2.05, 4.69) is 5.32 Å². The standard InChI is InChI=1S/C9H10ClN3O2S/c10-8-5-7(6-11)1-2-9(8)13-3-4-16(12,14)15/h1-2,5,13H,3-4H2,(H2,12,14,15). The summed E-state index contributed by atoms with van der Waals surface area (Å²) in [5.41, 5.74) is 1.02. The van der Waals surface area contributed by atoms with Gasteiger partial charge in [-0.25, -0.2) is 13.6 Å². The lowest BCUT2D eigenvalue weighted by Gasteiger charge is -2.07. The third kappa shape index (κ3) is 4.06. The number of sulfonamides is 1. The van der Waals surface area contributed by atoms with Crippen molar-refractivity contribution in [2.45, 2.75) is 0 Å². The summed E-state index contributed by atoms with van der Waals surface area (Å²) < 4.78 is 21.3. The minimum atomic E-state index is -3.48. The molecule has 86 valence electrons. The summed E-state index contributed by atoms with van der Waals surface area (Å²) >= 11 is 5.86. The fraction of sp³-hybridized carbons (Fsp3) is 0.222. The predicted molar refractivity (Wildman–Crippen MR) is 62.6 cm³/mol. The molecule has 0 atom stereocenters. The average Bonchev–Trinajstić information content (AvgIpc) is 2.18. The Bertz CT molecular complexity index is 522. The lowest BCUT2D eigenvalue weighted by atomic mass is 10.2. The minimum Gasteiger partial charge on any atom is -0.383 e. The highest BCUT2D eigenvalue weighted by Crippen LogP contribution is 2.22. The van der Waals surface area contributed by atoms with Crippen LogP contribution < -0.4 is 10.5 Å². The third-order valence-corrected chi connectivity index (χ3v) is 2.89. The first-order valence-corrected chi connectivity index (χ1v) is 6.46. The van der Waals surface area contributed by atoms with E-state index in [1.54, 1.807) is 12.1 Å². The molecule has 0 amide bonds. The molecule has 0 heterocycles. The van der Waals surface area contributed by atoms with Crippen LogP contribution in [0.15, 0.2) is 18.2 Å². The molecule has 0 aliphatic heterocycles. The van der Waals surface area contributed by atoms with Crippen LogP contribution in [-0.2, 0) is 10.0 Å². The van der Waals surface area contributed by atoms with Crippen molar-refractivity contribution in [3.05, 3.63) is 28.8 Å². The van der Waals surface area contributed by atoms with Gasteiger partial charge in [0, 0.05) is 6.54 Å². The Morgan fingerprint density at radius 1 is 1.50 bits per heavy atom. The second kappa shape index (κ2) is 5.16. The number of nitrogens with zero attached hydrogens (tertiary/aromatic N) is 1. The third-order valence-electron chi connectivity index (χ3n) is 1.80. The highest BCUT2D eigenvalue weighted by atomic mass is 35.5. The number of rotatable bonds is 4. The van der Waals surface area contributed by atoms with E-state index >= 15 is 0 Å². The van der Waals surface area contributed by atoms with Gasteiger partial charge >= 0.3 is 0 Å². The Morgan fingerprint density at radius 2 is 2.19 bits per heavy atom. The summed E-state index contributed by atoms with van der Waals surface area (Å²) in [5.74, 6) is -0.177. The maximum Gasteiger partial charge on any atom is 0.210 e. The largest absolute Gasteiger partial charge is 0.383 e. The summed E-state index contributed by atoms with van der Waals surface area (Å²) in [5, 5.41) is 16.6. The highest BCUT2D eigenvalue weighted by molar-refractivity contribution is 7.89. The molecule has 1 aromatic carbocycles. The molecule has 0 aromatic heterocycles. The number of halogens is 1. The first-order valence-electron chi connectivity index (χ1n) is 4.36. The van der Waals surface area contributed by atoms with E-state index < -0.39 is 10.0 Å². The molecular formula is C9H10ClN3O2S. The van der Waals surface area contributed by atoms with Crippen molar-refractivity contribution >= 4 is 27.3 Å². The van der Waals surface area contributed by atoms with Gasteiger partial charge in [0.15, 0.2) is 0 Å². The van der Waals surface area contributed by atoms with E-state index in [-0.39, 0.29) is 12.3 Å². The van der Waals surface area contributed by atoms with Gasteiger partial charge in [0.1, 0.15) is 0 Å². The SMILES string of the molecule is N#Cc1ccc(NCCS(N)(=O)=O)c(Cl)c1. The minimum absolute atomic E-state index is 0.171. The van der Waals surface area contributed by atoms with Gasteiger partial charge in [0.2, 0.25) is 10.0 Å². The van der Waals surface area contributed by atoms with Crippen molar-refractivity contribution < 1.29 is 8.42 Å². The zero-order valence-corrected chi connectivity index (χ0v) is 9.85. The molecule has 0 aliphatic rings. The molecule has 0 unspecified atom stereocenters. The van der Waals surface area contributed by atoms with Crippen molar-refractivity contribution in [2.75, 3.05) is 17.6 Å². The molecule has 0 saturated carbocycles. The van der Waals surface area contributed by atoms with Crippen LogP contribution in [0, 0.1) is 11.3 Å². The molecule has 0 aliphatic carbocycles. The van der Waals surface area contributed by atoms with Gasteiger partial charge in [0.05, 0.1) is 28.1 Å². The Labute approximate surface area is 98.9 Å². The van der Waals surface area contributed by atoms with Crippen LogP contribution in [0.3, 0.4) is 0 Å². The molecule has 16 heavy (non-hydrogen) atoms. The zero-order chi connectivity index (χ0) is 12.2. The van der Waals surface area contributed by atoms with Crippen LogP contribution in [0.2, 0.25) is 5.02 Å². The van der Waals surface area contributed by atoms with E-state index in [0.29, 0.717) is 16.3 Å². The second-order valence-corrected chi connectivity index (χ2v) is 5.24. The highest BCUT2D eigenvalue weighted by Gasteiger charge is 2.04. The predicted octanol–water partition coefficient (Wildman–Crippen LogP) is 0.912. The van der Waals surface area contributed by atoms with Crippen LogP contribution in [0.1, 0.15) is 5.56 Å². The number of anilines is 1. The maximum atomic E-state index is 10.7. The van der Waals surface area contributed by atoms with Crippen LogP contribution in [0.4, 0.5) is 5.69 Å². The van der Waals surface area contributed by atoms with Crippen molar-refractivity contribution in [2.24, 2.45) is 5.14 Å². The summed E-state index contributed by atoms with van der Waals surface area (Å²) in [6.45, 7) is 0.171. The van der Waals surface area contributed by atoms with Crippen LogP contribution in [0.5, 0.6) is 0 Å². The average molecular weight is 260 g/mol. The van der Waals surface area contributed by atoms with Crippen molar-refractivity contribution in [1.82, 2.24) is 0 Å². The molecular weight excluding hydrogens is 250 g/mol. The number of primary sulfonamides is 1. The van der Waals surface area contributed by atoms with Gasteiger partial charge in [-0.3, -0.25) is 0 Å². The van der Waals surface area contributed by atoms with E-state index in [1.807, 2.05) is 6.07 Å². The molecule has 1 aromatic rings. The Morgan fingerprint density at radius 3 is 2.69 bits per heavy atom. The zero-order valence-electron chi connectivity index (χ0n) is 8.27. The Balaban J connectivity index is 2.66. The smallest absolute Gasteiger partial charge is 0.210 e. The molecule has 1 rings (SSSR count). The molecule has 0 fully saturated rings. The molecule has 3 N–H and O–H groups in total. The summed E-state index contributed by atoms with van der Waals surface area (Å²) in [6.07, 6.45) is 0. The maximum absolute atomic E-state index is 10.7. The number of nitriles is 1. The second-order valence-electron chi connectivity index (χ2n) is 3.10. The van der Waals surface area contributed by atoms with Crippen molar-refractivity contribution in [3.8, 4) is 6.07 Å². The van der Waals surface area contributed by atoms with Crippen molar-refractivity contribution in [3.63, 3.8) is 0 Å². The summed E-state index contributed by atoms with van der Waals surface area (Å²) in [4.78, 5) is 0. The first-order chi connectivity index (χ1) is 7.42. The van der Waals surface area contributed by atoms with Crippen LogP contribution >= 0.6 is 11.6 Å². The van der Waals surface area contributed by atoms with Gasteiger partial charge in [-0.2, -0.15) is 5.26 Å². The van der Waals surface area contributed by atoms with Gasteiger partial charge < -0.3 is 5.32 Å². The fourth-order valence-corrected chi connectivity index (χ4v) is 1.69. The summed E-state index contributed by atoms with van der Waals surface area (Å²) in [7, 11) is -3.48. The number of benzene rings is 1. The topological polar surface area (TPSA) is 96.0 Å². The monoisotopic (exact) mass is 259 g/mol. The number of hydrogen-bond acceptors (Lipinski definition) is 4. The lowest BCUT2D eigenvalue weighted by molar-refractivity contribution is 0.598. The molecule has 0 radical (unpaired) electrons. The molecule has 0 bridgehead atoms.